The zero-order valence-corrected chi connectivity index (χ0v) is 11.7. The van der Waals surface area contributed by atoms with Gasteiger partial charge in [0.1, 0.15) is 0 Å². The Hall–Kier alpha value is -0.640. The molecular formula is C15H26O3. The maximum absolute atomic E-state index is 9.64. The van der Waals surface area contributed by atoms with Crippen LogP contribution in [-0.2, 0) is 9.47 Å². The largest absolute Gasteiger partial charge is 0.393 e. The Labute approximate surface area is 110 Å². The highest BCUT2D eigenvalue weighted by molar-refractivity contribution is 4.99. The predicted molar refractivity (Wildman–Crippen MR) is 73.5 cm³/mol. The minimum absolute atomic E-state index is 0.0332. The van der Waals surface area contributed by atoms with Crippen LogP contribution in [0.25, 0.3) is 0 Å². The van der Waals surface area contributed by atoms with Crippen molar-refractivity contribution in [1.29, 1.82) is 0 Å². The van der Waals surface area contributed by atoms with Gasteiger partial charge >= 0.3 is 0 Å². The monoisotopic (exact) mass is 254 g/mol. The van der Waals surface area contributed by atoms with Crippen LogP contribution < -0.4 is 0 Å². The molecule has 1 unspecified atom stereocenters. The summed E-state index contributed by atoms with van der Waals surface area (Å²) in [4.78, 5) is 0. The summed E-state index contributed by atoms with van der Waals surface area (Å²) in [5, 5.41) is 9.64. The third-order valence-electron chi connectivity index (χ3n) is 3.66. The van der Waals surface area contributed by atoms with Gasteiger partial charge in [-0.05, 0) is 19.8 Å². The average molecular weight is 254 g/mol. The molecular weight excluding hydrogens is 228 g/mol. The summed E-state index contributed by atoms with van der Waals surface area (Å²) in [5.41, 5.74) is 0. The van der Waals surface area contributed by atoms with E-state index >= 15 is 0 Å². The lowest BCUT2D eigenvalue weighted by Crippen LogP contribution is -2.35. The molecule has 0 aromatic heterocycles. The van der Waals surface area contributed by atoms with Crippen LogP contribution in [0.15, 0.2) is 24.8 Å². The van der Waals surface area contributed by atoms with Crippen molar-refractivity contribution < 1.29 is 14.6 Å². The van der Waals surface area contributed by atoms with Gasteiger partial charge in [-0.3, -0.25) is 0 Å². The molecule has 18 heavy (non-hydrogen) atoms. The second kappa shape index (κ2) is 7.72. The van der Waals surface area contributed by atoms with Crippen molar-refractivity contribution in [3.05, 3.63) is 24.8 Å². The fourth-order valence-corrected chi connectivity index (χ4v) is 2.28. The minimum Gasteiger partial charge on any atom is -0.393 e. The van der Waals surface area contributed by atoms with Gasteiger partial charge in [0.15, 0.2) is 0 Å². The van der Waals surface area contributed by atoms with E-state index in [1.165, 1.54) is 0 Å². The van der Waals surface area contributed by atoms with E-state index in [2.05, 4.69) is 18.7 Å². The van der Waals surface area contributed by atoms with E-state index in [-0.39, 0.29) is 30.3 Å². The molecule has 5 atom stereocenters. The molecule has 0 amide bonds. The van der Waals surface area contributed by atoms with Crippen LogP contribution in [0.1, 0.15) is 33.1 Å². The van der Waals surface area contributed by atoms with Crippen molar-refractivity contribution in [1.82, 2.24) is 0 Å². The smallest absolute Gasteiger partial charge is 0.0794 e. The van der Waals surface area contributed by atoms with E-state index in [1.54, 1.807) is 14.0 Å². The van der Waals surface area contributed by atoms with Crippen LogP contribution in [0.2, 0.25) is 0 Å². The summed E-state index contributed by atoms with van der Waals surface area (Å²) in [6, 6.07) is 0. The standard InChI is InChI=1S/C15H26O3/c1-5-7-13-8-6-9-14(18-13)10-15(17-4)11(2)12(3)16/h5-6,8,11-16H,1,7,9-10H2,2-4H3/t11-,12?,13+,14-,15-/m0/s1. The van der Waals surface area contributed by atoms with Gasteiger partial charge in [0.05, 0.1) is 24.4 Å². The Morgan fingerprint density at radius 2 is 2.28 bits per heavy atom. The van der Waals surface area contributed by atoms with Gasteiger partial charge in [-0.15, -0.1) is 6.58 Å². The van der Waals surface area contributed by atoms with Crippen LogP contribution in [0.5, 0.6) is 0 Å². The number of ether oxygens (including phenoxy) is 2. The van der Waals surface area contributed by atoms with Crippen molar-refractivity contribution in [3.63, 3.8) is 0 Å². The third-order valence-corrected chi connectivity index (χ3v) is 3.66. The number of hydrogen-bond donors (Lipinski definition) is 1. The first-order chi connectivity index (χ1) is 8.58. The minimum atomic E-state index is -0.363. The molecule has 0 bridgehead atoms. The fourth-order valence-electron chi connectivity index (χ4n) is 2.28. The van der Waals surface area contributed by atoms with Crippen molar-refractivity contribution >= 4 is 0 Å². The molecule has 0 saturated carbocycles. The fraction of sp³-hybridized carbons (Fsp3) is 0.733. The van der Waals surface area contributed by atoms with Crippen LogP contribution >= 0.6 is 0 Å². The van der Waals surface area contributed by atoms with E-state index in [1.807, 2.05) is 13.0 Å². The summed E-state index contributed by atoms with van der Waals surface area (Å²) >= 11 is 0. The molecule has 3 nitrogen and oxygen atoms in total. The molecule has 1 aliphatic heterocycles. The van der Waals surface area contributed by atoms with Gasteiger partial charge < -0.3 is 14.6 Å². The Morgan fingerprint density at radius 1 is 1.56 bits per heavy atom. The lowest BCUT2D eigenvalue weighted by molar-refractivity contribution is -0.0588. The highest BCUT2D eigenvalue weighted by Gasteiger charge is 2.27. The molecule has 0 radical (unpaired) electrons. The van der Waals surface area contributed by atoms with E-state index in [0.717, 1.165) is 19.3 Å². The highest BCUT2D eigenvalue weighted by atomic mass is 16.5. The Bertz CT molecular complexity index is 273. The molecule has 0 spiro atoms. The van der Waals surface area contributed by atoms with Crippen LogP contribution in [0.4, 0.5) is 0 Å². The van der Waals surface area contributed by atoms with E-state index in [4.69, 9.17) is 9.47 Å². The number of hydrogen-bond acceptors (Lipinski definition) is 3. The molecule has 1 rings (SSSR count). The molecule has 1 heterocycles. The Morgan fingerprint density at radius 3 is 2.83 bits per heavy atom. The topological polar surface area (TPSA) is 38.7 Å². The van der Waals surface area contributed by atoms with Gasteiger partial charge in [-0.25, -0.2) is 0 Å². The van der Waals surface area contributed by atoms with Crippen molar-refractivity contribution in [2.24, 2.45) is 5.92 Å². The average Bonchev–Trinajstić information content (AvgIpc) is 2.36. The highest BCUT2D eigenvalue weighted by Crippen LogP contribution is 2.24. The van der Waals surface area contributed by atoms with Gasteiger partial charge in [0, 0.05) is 19.4 Å². The summed E-state index contributed by atoms with van der Waals surface area (Å²) in [6.07, 6.45) is 8.71. The number of aliphatic hydroxyl groups is 1. The third kappa shape index (κ3) is 4.56. The van der Waals surface area contributed by atoms with E-state index < -0.39 is 0 Å². The SMILES string of the molecule is C=CC[C@@H]1C=CC[C@@H](C[C@H](OC)[C@@H](C)C(C)O)O1. The molecule has 0 aromatic rings. The zero-order valence-electron chi connectivity index (χ0n) is 11.7. The maximum atomic E-state index is 9.64. The first-order valence-corrected chi connectivity index (χ1v) is 6.72. The second-order valence-electron chi connectivity index (χ2n) is 5.09. The zero-order chi connectivity index (χ0) is 13.5. The quantitative estimate of drug-likeness (QED) is 0.710. The molecule has 0 aromatic carbocycles. The molecule has 1 aliphatic rings. The molecule has 0 fully saturated rings. The maximum Gasteiger partial charge on any atom is 0.0794 e. The van der Waals surface area contributed by atoms with Crippen LogP contribution in [0.3, 0.4) is 0 Å². The molecule has 0 aliphatic carbocycles. The van der Waals surface area contributed by atoms with E-state index in [9.17, 15) is 5.11 Å². The lowest BCUT2D eigenvalue weighted by Gasteiger charge is -2.31. The summed E-state index contributed by atoms with van der Waals surface area (Å²) < 4.78 is 11.5. The molecule has 3 heteroatoms. The van der Waals surface area contributed by atoms with Crippen molar-refractivity contribution in [2.45, 2.75) is 57.5 Å². The summed E-state index contributed by atoms with van der Waals surface area (Å²) in [7, 11) is 1.70. The first-order valence-electron chi connectivity index (χ1n) is 6.72. The predicted octanol–water partition coefficient (Wildman–Crippen LogP) is 2.70. The molecule has 1 N–H and O–H groups in total. The van der Waals surface area contributed by atoms with Gasteiger partial charge in [0.2, 0.25) is 0 Å². The number of rotatable bonds is 7. The van der Waals surface area contributed by atoms with Crippen molar-refractivity contribution in [2.75, 3.05) is 7.11 Å². The van der Waals surface area contributed by atoms with Gasteiger partial charge in [-0.1, -0.05) is 25.2 Å². The molecule has 0 saturated heterocycles. The normalized spacial score (nSPS) is 28.7. The van der Waals surface area contributed by atoms with Crippen LogP contribution in [-0.4, -0.2) is 36.6 Å². The number of aliphatic hydroxyl groups excluding tert-OH is 1. The van der Waals surface area contributed by atoms with Gasteiger partial charge in [0.25, 0.3) is 0 Å². The first kappa shape index (κ1) is 15.4. The molecule has 104 valence electrons. The van der Waals surface area contributed by atoms with Gasteiger partial charge in [-0.2, -0.15) is 0 Å². The number of methoxy groups -OCH3 is 1. The Balaban J connectivity index is 2.50. The summed E-state index contributed by atoms with van der Waals surface area (Å²) in [6.45, 7) is 7.55. The lowest BCUT2D eigenvalue weighted by atomic mass is 9.93. The second-order valence-corrected chi connectivity index (χ2v) is 5.09. The van der Waals surface area contributed by atoms with E-state index in [0.29, 0.717) is 0 Å². The van der Waals surface area contributed by atoms with Crippen LogP contribution in [0, 0.1) is 5.92 Å². The van der Waals surface area contributed by atoms with Crippen molar-refractivity contribution in [3.8, 4) is 0 Å². The summed E-state index contributed by atoms with van der Waals surface area (Å²) in [5.74, 6) is 0.113. The Kier molecular flexibility index (Phi) is 6.61.